The van der Waals surface area contributed by atoms with Crippen LogP contribution in [-0.4, -0.2) is 74.6 Å². The number of aromatic nitrogens is 1. The molecule has 39 heavy (non-hydrogen) atoms. The highest BCUT2D eigenvalue weighted by molar-refractivity contribution is 5.94. The van der Waals surface area contributed by atoms with Gasteiger partial charge in [0.15, 0.2) is 0 Å². The molecule has 1 aromatic heterocycles. The molecule has 0 aliphatic carbocycles. The first-order valence-electron chi connectivity index (χ1n) is 11.9. The van der Waals surface area contributed by atoms with Crippen LogP contribution in [0.4, 0.5) is 0 Å². The van der Waals surface area contributed by atoms with Gasteiger partial charge in [0.1, 0.15) is 17.8 Å². The van der Waals surface area contributed by atoms with Gasteiger partial charge in [0, 0.05) is 23.5 Å². The van der Waals surface area contributed by atoms with E-state index in [1.165, 1.54) is 12.1 Å². The fraction of sp³-hybridized carbons (Fsp3) is 0.269. The van der Waals surface area contributed by atoms with E-state index in [9.17, 15) is 34.2 Å². The molecule has 3 amide bonds. The number of H-pyrrole nitrogens is 1. The zero-order valence-electron chi connectivity index (χ0n) is 20.7. The molecule has 13 heteroatoms. The number of amides is 3. The van der Waals surface area contributed by atoms with Gasteiger partial charge in [-0.2, -0.15) is 0 Å². The Morgan fingerprint density at radius 3 is 2.23 bits per heavy atom. The van der Waals surface area contributed by atoms with Crippen LogP contribution in [0.1, 0.15) is 17.5 Å². The first-order chi connectivity index (χ1) is 18.5. The predicted molar refractivity (Wildman–Crippen MR) is 139 cm³/mol. The second-order valence-corrected chi connectivity index (χ2v) is 8.88. The van der Waals surface area contributed by atoms with E-state index in [-0.39, 0.29) is 18.6 Å². The quantitative estimate of drug-likeness (QED) is 0.142. The van der Waals surface area contributed by atoms with Crippen molar-refractivity contribution in [3.8, 4) is 5.75 Å². The van der Waals surface area contributed by atoms with E-state index < -0.39 is 60.8 Å². The average molecular weight is 540 g/mol. The molecule has 0 spiro atoms. The normalized spacial score (nSPS) is 13.2. The second-order valence-electron chi connectivity index (χ2n) is 8.88. The number of rotatable bonds is 13. The van der Waals surface area contributed by atoms with Gasteiger partial charge in [0.05, 0.1) is 19.0 Å². The summed E-state index contributed by atoms with van der Waals surface area (Å²) in [7, 11) is 0. The van der Waals surface area contributed by atoms with Gasteiger partial charge in [-0.3, -0.25) is 19.2 Å². The number of carboxylic acid groups (broad SMARTS) is 2. The molecule has 3 atom stereocenters. The monoisotopic (exact) mass is 539 g/mol. The maximum Gasteiger partial charge on any atom is 0.326 e. The van der Waals surface area contributed by atoms with Crippen LogP contribution in [0.2, 0.25) is 0 Å². The number of carbonyl (C=O) groups is 5. The lowest BCUT2D eigenvalue weighted by molar-refractivity contribution is -0.142. The molecule has 3 rings (SSSR count). The van der Waals surface area contributed by atoms with Crippen molar-refractivity contribution in [2.24, 2.45) is 5.73 Å². The van der Waals surface area contributed by atoms with Crippen LogP contribution in [0.25, 0.3) is 10.9 Å². The number of para-hydroxylation sites is 1. The minimum absolute atomic E-state index is 0.0182. The molecule has 206 valence electrons. The number of hydrogen-bond donors (Lipinski definition) is 8. The number of phenols is 1. The van der Waals surface area contributed by atoms with E-state index in [0.29, 0.717) is 11.1 Å². The van der Waals surface area contributed by atoms with E-state index in [1.54, 1.807) is 24.4 Å². The van der Waals surface area contributed by atoms with Crippen LogP contribution in [0, 0.1) is 0 Å². The summed E-state index contributed by atoms with van der Waals surface area (Å²) in [4.78, 5) is 63.6. The van der Waals surface area contributed by atoms with Gasteiger partial charge in [-0.15, -0.1) is 0 Å². The van der Waals surface area contributed by atoms with Crippen LogP contribution in [-0.2, 0) is 36.8 Å². The smallest absolute Gasteiger partial charge is 0.326 e. The Hall–Kier alpha value is -4.91. The third-order valence-electron chi connectivity index (χ3n) is 5.90. The number of aromatic hydroxyl groups is 1. The maximum atomic E-state index is 12.6. The van der Waals surface area contributed by atoms with Gasteiger partial charge >= 0.3 is 11.9 Å². The van der Waals surface area contributed by atoms with Crippen molar-refractivity contribution >= 4 is 40.6 Å². The summed E-state index contributed by atoms with van der Waals surface area (Å²) < 4.78 is 0. The van der Waals surface area contributed by atoms with Gasteiger partial charge < -0.3 is 42.0 Å². The molecule has 0 aliphatic rings. The van der Waals surface area contributed by atoms with E-state index in [0.717, 1.165) is 10.9 Å². The number of hydrogen-bond acceptors (Lipinski definition) is 7. The minimum atomic E-state index is -1.53. The Morgan fingerprint density at radius 2 is 1.56 bits per heavy atom. The van der Waals surface area contributed by atoms with Gasteiger partial charge in [-0.05, 0) is 35.7 Å². The lowest BCUT2D eigenvalue weighted by Gasteiger charge is -2.20. The highest BCUT2D eigenvalue weighted by Gasteiger charge is 2.27. The standard InChI is InChI=1S/C26H29N5O8/c27-18(9-14-5-7-16(32)8-6-14)24(36)31-20(11-23(34)35)25(37)29-13-22(33)30-21(26(38)39)10-15-12-28-19-4-2-1-3-17(15)19/h1-8,12,18,20-21,28,32H,9-11,13,27H2,(H,29,37)(H,30,33)(H,31,36)(H,34,35)(H,38,39). The zero-order chi connectivity index (χ0) is 28.5. The molecule has 1 heterocycles. The van der Waals surface area contributed by atoms with Gasteiger partial charge in [-0.25, -0.2) is 4.79 Å². The van der Waals surface area contributed by atoms with E-state index in [4.69, 9.17) is 10.8 Å². The van der Waals surface area contributed by atoms with E-state index >= 15 is 0 Å². The summed E-state index contributed by atoms with van der Waals surface area (Å²) in [5, 5.41) is 35.7. The summed E-state index contributed by atoms with van der Waals surface area (Å²) in [6, 6.07) is 9.28. The van der Waals surface area contributed by atoms with Crippen LogP contribution in [0.5, 0.6) is 5.75 Å². The topological polar surface area (TPSA) is 224 Å². The largest absolute Gasteiger partial charge is 0.508 e. The Balaban J connectivity index is 1.56. The summed E-state index contributed by atoms with van der Waals surface area (Å²) in [5.41, 5.74) is 8.00. The summed E-state index contributed by atoms with van der Waals surface area (Å²) in [6.45, 7) is -0.651. The summed E-state index contributed by atoms with van der Waals surface area (Å²) in [5.74, 6) is -5.19. The van der Waals surface area contributed by atoms with Gasteiger partial charge in [-0.1, -0.05) is 30.3 Å². The Morgan fingerprint density at radius 1 is 0.872 bits per heavy atom. The molecule has 3 aromatic rings. The van der Waals surface area contributed by atoms with E-state index in [1.807, 2.05) is 18.2 Å². The van der Waals surface area contributed by atoms with Gasteiger partial charge in [0.2, 0.25) is 17.7 Å². The number of carboxylic acids is 2. The fourth-order valence-electron chi connectivity index (χ4n) is 3.90. The number of aromatic amines is 1. The van der Waals surface area contributed by atoms with Crippen molar-refractivity contribution in [1.82, 2.24) is 20.9 Å². The number of nitrogens with one attached hydrogen (secondary N) is 4. The number of aliphatic carboxylic acids is 2. The molecule has 3 unspecified atom stereocenters. The van der Waals surface area contributed by atoms with Crippen molar-refractivity contribution in [1.29, 1.82) is 0 Å². The lowest BCUT2D eigenvalue weighted by atomic mass is 10.0. The molecule has 0 radical (unpaired) electrons. The molecular formula is C26H29N5O8. The summed E-state index contributed by atoms with van der Waals surface area (Å²) >= 11 is 0. The molecule has 0 aliphatic heterocycles. The molecule has 0 saturated carbocycles. The Kier molecular flexibility index (Phi) is 9.59. The number of nitrogens with two attached hydrogens (primary N) is 1. The first-order valence-corrected chi connectivity index (χ1v) is 11.9. The third kappa shape index (κ3) is 8.30. The fourth-order valence-corrected chi connectivity index (χ4v) is 3.90. The summed E-state index contributed by atoms with van der Waals surface area (Å²) in [6.07, 6.45) is 0.919. The molecule has 13 nitrogen and oxygen atoms in total. The van der Waals surface area contributed by atoms with Crippen LogP contribution < -0.4 is 21.7 Å². The zero-order valence-corrected chi connectivity index (χ0v) is 20.7. The van der Waals surface area contributed by atoms with Crippen LogP contribution in [0.3, 0.4) is 0 Å². The SMILES string of the molecule is NC(Cc1ccc(O)cc1)C(=O)NC(CC(=O)O)C(=O)NCC(=O)NC(Cc1c[nH]c2ccccc12)C(=O)O. The molecule has 9 N–H and O–H groups in total. The van der Waals surface area contributed by atoms with Crippen molar-refractivity contribution in [3.05, 3.63) is 65.9 Å². The van der Waals surface area contributed by atoms with Crippen molar-refractivity contribution in [2.45, 2.75) is 37.4 Å². The first kappa shape index (κ1) is 28.7. The Bertz CT molecular complexity index is 1350. The highest BCUT2D eigenvalue weighted by Crippen LogP contribution is 2.19. The average Bonchev–Trinajstić information content (AvgIpc) is 3.30. The number of carbonyl (C=O) groups excluding carboxylic acids is 3. The highest BCUT2D eigenvalue weighted by atomic mass is 16.4. The molecule has 0 fully saturated rings. The predicted octanol–water partition coefficient (Wildman–Crippen LogP) is -0.369. The number of fused-ring (bicyclic) bond motifs is 1. The Labute approximate surface area is 222 Å². The van der Waals surface area contributed by atoms with E-state index in [2.05, 4.69) is 20.9 Å². The van der Waals surface area contributed by atoms with Crippen molar-refractivity contribution in [3.63, 3.8) is 0 Å². The van der Waals surface area contributed by atoms with Gasteiger partial charge in [0.25, 0.3) is 0 Å². The number of benzene rings is 2. The van der Waals surface area contributed by atoms with Crippen LogP contribution >= 0.6 is 0 Å². The maximum absolute atomic E-state index is 12.6. The molecule has 2 aromatic carbocycles. The molecule has 0 bridgehead atoms. The van der Waals surface area contributed by atoms with Crippen molar-refractivity contribution < 1.29 is 39.3 Å². The molecular weight excluding hydrogens is 510 g/mol. The second kappa shape index (κ2) is 13.1. The minimum Gasteiger partial charge on any atom is -0.508 e. The third-order valence-corrected chi connectivity index (χ3v) is 5.90. The van der Waals surface area contributed by atoms with Crippen LogP contribution in [0.15, 0.2) is 54.7 Å². The lowest BCUT2D eigenvalue weighted by Crippen LogP contribution is -2.54. The van der Waals surface area contributed by atoms with Crippen molar-refractivity contribution in [2.75, 3.05) is 6.54 Å². The molecule has 0 saturated heterocycles. The number of phenolic OH excluding ortho intramolecular Hbond substituents is 1.